The average molecular weight is 267 g/mol. The molecule has 0 aliphatic heterocycles. The Morgan fingerprint density at radius 3 is 2.80 bits per heavy atom. The molecule has 0 N–H and O–H groups in total. The monoisotopic (exact) mass is 266 g/mol. The minimum Gasteiger partial charge on any atom is -0.461 e. The van der Waals surface area contributed by atoms with Crippen LogP contribution in [-0.2, 0) is 6.42 Å². The number of hydrogen-bond acceptors (Lipinski definition) is 1. The zero-order valence-electron chi connectivity index (χ0n) is 8.92. The summed E-state index contributed by atoms with van der Waals surface area (Å²) in [6, 6.07) is 6.13. The van der Waals surface area contributed by atoms with Crippen LogP contribution in [0.3, 0.4) is 0 Å². The summed E-state index contributed by atoms with van der Waals surface area (Å²) in [5, 5.41) is 0.654. The van der Waals surface area contributed by atoms with E-state index >= 15 is 0 Å². The van der Waals surface area contributed by atoms with Crippen LogP contribution in [0, 0.1) is 6.92 Å². The minimum absolute atomic E-state index is 0.654. The quantitative estimate of drug-likeness (QED) is 0.445. The molecule has 0 aliphatic rings. The zero-order valence-corrected chi connectivity index (χ0v) is 10.5. The summed E-state index contributed by atoms with van der Waals surface area (Å²) in [6.45, 7) is 9.53. The lowest BCUT2D eigenvalue weighted by molar-refractivity contribution is 0.430. The highest BCUT2D eigenvalue weighted by Crippen LogP contribution is 2.21. The van der Waals surface area contributed by atoms with Gasteiger partial charge in [0.15, 0.2) is 0 Å². The molecule has 1 aromatic rings. The topological polar surface area (TPSA) is 9.23 Å². The number of rotatable bonds is 5. The van der Waals surface area contributed by atoms with Crippen molar-refractivity contribution < 1.29 is 4.74 Å². The smallest absolute Gasteiger partial charge is 0.129 e. The van der Waals surface area contributed by atoms with Gasteiger partial charge in [0.1, 0.15) is 11.5 Å². The van der Waals surface area contributed by atoms with Gasteiger partial charge in [-0.05, 0) is 30.5 Å². The van der Waals surface area contributed by atoms with Crippen LogP contribution in [-0.4, -0.2) is 5.33 Å². The van der Waals surface area contributed by atoms with Gasteiger partial charge in [0, 0.05) is 0 Å². The summed E-state index contributed by atoms with van der Waals surface area (Å²) in [6.07, 6.45) is 2.78. The molecule has 0 radical (unpaired) electrons. The second-order valence-electron chi connectivity index (χ2n) is 3.37. The number of halogens is 1. The Morgan fingerprint density at radius 2 is 2.27 bits per heavy atom. The molecule has 0 unspecified atom stereocenters. The summed E-state index contributed by atoms with van der Waals surface area (Å²) in [4.78, 5) is 0. The van der Waals surface area contributed by atoms with E-state index in [1.54, 1.807) is 0 Å². The lowest BCUT2D eigenvalue weighted by Gasteiger charge is -2.10. The zero-order chi connectivity index (χ0) is 11.3. The van der Waals surface area contributed by atoms with Crippen LogP contribution in [0.1, 0.15) is 11.1 Å². The SMILES string of the molecule is C=CCc1ccc(OC(=C)CBr)c(C)c1. The van der Waals surface area contributed by atoms with Gasteiger partial charge in [-0.2, -0.15) is 0 Å². The van der Waals surface area contributed by atoms with Crippen molar-refractivity contribution in [2.75, 3.05) is 5.33 Å². The Kier molecular flexibility index (Phi) is 4.63. The van der Waals surface area contributed by atoms with Gasteiger partial charge in [0.05, 0.1) is 5.33 Å². The van der Waals surface area contributed by atoms with Crippen molar-refractivity contribution in [3.63, 3.8) is 0 Å². The number of allylic oxidation sites excluding steroid dienone is 2. The van der Waals surface area contributed by atoms with E-state index in [-0.39, 0.29) is 0 Å². The molecule has 2 heteroatoms. The van der Waals surface area contributed by atoms with E-state index in [1.807, 2.05) is 25.1 Å². The van der Waals surface area contributed by atoms with Gasteiger partial charge < -0.3 is 4.74 Å². The Balaban J connectivity index is 2.83. The third-order valence-corrected chi connectivity index (χ3v) is 2.65. The van der Waals surface area contributed by atoms with Gasteiger partial charge in [-0.15, -0.1) is 6.58 Å². The summed E-state index contributed by atoms with van der Waals surface area (Å²) in [5.41, 5.74) is 2.37. The molecule has 0 amide bonds. The average Bonchev–Trinajstić information content (AvgIpc) is 2.22. The van der Waals surface area contributed by atoms with E-state index in [9.17, 15) is 0 Å². The molecule has 0 bridgehead atoms. The maximum Gasteiger partial charge on any atom is 0.129 e. The van der Waals surface area contributed by atoms with E-state index in [0.717, 1.165) is 23.5 Å². The highest BCUT2D eigenvalue weighted by molar-refractivity contribution is 9.09. The summed E-state index contributed by atoms with van der Waals surface area (Å²) < 4.78 is 5.56. The van der Waals surface area contributed by atoms with Crippen molar-refractivity contribution in [2.45, 2.75) is 13.3 Å². The first-order valence-electron chi connectivity index (χ1n) is 4.79. The minimum atomic E-state index is 0.654. The number of aryl methyl sites for hydroxylation is 1. The molecular formula is C13H15BrO. The Morgan fingerprint density at radius 1 is 1.53 bits per heavy atom. The van der Waals surface area contributed by atoms with Crippen LogP contribution in [0.15, 0.2) is 43.2 Å². The molecule has 15 heavy (non-hydrogen) atoms. The lowest BCUT2D eigenvalue weighted by Crippen LogP contribution is -1.96. The molecule has 1 nitrogen and oxygen atoms in total. The maximum atomic E-state index is 5.56. The molecule has 0 aromatic heterocycles. The van der Waals surface area contributed by atoms with E-state index in [0.29, 0.717) is 5.33 Å². The Labute approximate surface area is 99.6 Å². The number of alkyl halides is 1. The second kappa shape index (κ2) is 5.76. The van der Waals surface area contributed by atoms with Crippen LogP contribution in [0.2, 0.25) is 0 Å². The third kappa shape index (κ3) is 3.56. The Hall–Kier alpha value is -1.02. The molecular weight excluding hydrogens is 252 g/mol. The third-order valence-electron chi connectivity index (χ3n) is 2.02. The van der Waals surface area contributed by atoms with Crippen LogP contribution >= 0.6 is 15.9 Å². The molecule has 0 saturated carbocycles. The number of ether oxygens (including phenoxy) is 1. The van der Waals surface area contributed by atoms with Gasteiger partial charge in [-0.25, -0.2) is 0 Å². The van der Waals surface area contributed by atoms with Crippen LogP contribution in [0.4, 0.5) is 0 Å². The fourth-order valence-corrected chi connectivity index (χ4v) is 1.42. The van der Waals surface area contributed by atoms with Crippen molar-refractivity contribution in [3.8, 4) is 5.75 Å². The molecule has 0 fully saturated rings. The van der Waals surface area contributed by atoms with E-state index in [4.69, 9.17) is 4.74 Å². The highest BCUT2D eigenvalue weighted by atomic mass is 79.9. The fraction of sp³-hybridized carbons (Fsp3) is 0.231. The van der Waals surface area contributed by atoms with Crippen molar-refractivity contribution in [2.24, 2.45) is 0 Å². The fourth-order valence-electron chi connectivity index (χ4n) is 1.30. The van der Waals surface area contributed by atoms with Crippen LogP contribution in [0.5, 0.6) is 5.75 Å². The molecule has 0 spiro atoms. The normalized spacial score (nSPS) is 9.73. The van der Waals surface area contributed by atoms with E-state index in [2.05, 4.69) is 35.2 Å². The van der Waals surface area contributed by atoms with E-state index in [1.165, 1.54) is 5.56 Å². The van der Waals surface area contributed by atoms with Crippen molar-refractivity contribution >= 4 is 15.9 Å². The van der Waals surface area contributed by atoms with Crippen LogP contribution < -0.4 is 4.74 Å². The largest absolute Gasteiger partial charge is 0.461 e. The first-order valence-corrected chi connectivity index (χ1v) is 5.91. The summed E-state index contributed by atoms with van der Waals surface area (Å²) >= 11 is 3.30. The lowest BCUT2D eigenvalue weighted by atomic mass is 10.1. The second-order valence-corrected chi connectivity index (χ2v) is 3.93. The standard InChI is InChI=1S/C13H15BrO/c1-4-5-12-6-7-13(10(2)8-12)15-11(3)9-14/h4,6-8H,1,3,5,9H2,2H3. The van der Waals surface area contributed by atoms with E-state index < -0.39 is 0 Å². The molecule has 0 heterocycles. The molecule has 80 valence electrons. The number of hydrogen-bond donors (Lipinski definition) is 0. The highest BCUT2D eigenvalue weighted by Gasteiger charge is 2.02. The predicted octanol–water partition coefficient (Wildman–Crippen LogP) is 4.01. The Bertz CT molecular complexity index is 369. The van der Waals surface area contributed by atoms with Gasteiger partial charge in [0.25, 0.3) is 0 Å². The summed E-state index contributed by atoms with van der Waals surface area (Å²) in [7, 11) is 0. The number of benzene rings is 1. The molecule has 1 rings (SSSR count). The first-order chi connectivity index (χ1) is 7.17. The molecule has 1 aromatic carbocycles. The first kappa shape index (κ1) is 12.1. The maximum absolute atomic E-state index is 5.56. The molecule has 0 aliphatic carbocycles. The van der Waals surface area contributed by atoms with Gasteiger partial charge in [-0.1, -0.05) is 40.7 Å². The van der Waals surface area contributed by atoms with Crippen molar-refractivity contribution in [1.82, 2.24) is 0 Å². The van der Waals surface area contributed by atoms with Gasteiger partial charge >= 0.3 is 0 Å². The van der Waals surface area contributed by atoms with Gasteiger partial charge in [0.2, 0.25) is 0 Å². The summed E-state index contributed by atoms with van der Waals surface area (Å²) in [5.74, 6) is 1.59. The molecule has 0 saturated heterocycles. The van der Waals surface area contributed by atoms with Crippen LogP contribution in [0.25, 0.3) is 0 Å². The van der Waals surface area contributed by atoms with Crippen molar-refractivity contribution in [3.05, 3.63) is 54.3 Å². The van der Waals surface area contributed by atoms with Gasteiger partial charge in [-0.3, -0.25) is 0 Å². The molecule has 0 atom stereocenters. The van der Waals surface area contributed by atoms with Crippen molar-refractivity contribution in [1.29, 1.82) is 0 Å². The predicted molar refractivity (Wildman–Crippen MR) is 68.6 cm³/mol.